The number of carbonyl (C=O) groups excluding carboxylic acids is 1. The maximum atomic E-state index is 13.0. The van der Waals surface area contributed by atoms with Crippen LogP contribution in [0.2, 0.25) is 0 Å². The van der Waals surface area contributed by atoms with Crippen LogP contribution in [0.4, 0.5) is 14.5 Å². The summed E-state index contributed by atoms with van der Waals surface area (Å²) in [6, 6.07) is 2.38. The molecule has 1 unspecified atom stereocenters. The molecule has 0 aliphatic carbocycles. The molecule has 1 aliphatic rings. The molecule has 1 amide bonds. The quantitative estimate of drug-likeness (QED) is 0.818. The van der Waals surface area contributed by atoms with Crippen molar-refractivity contribution < 1.29 is 28.2 Å². The van der Waals surface area contributed by atoms with Gasteiger partial charge in [-0.05, 0) is 18.2 Å². The van der Waals surface area contributed by atoms with Crippen LogP contribution in [-0.4, -0.2) is 22.6 Å². The Morgan fingerprint density at radius 3 is 2.37 bits per heavy atom. The second kappa shape index (κ2) is 4.68. The molecule has 0 fully saturated rings. The Kier molecular flexibility index (Phi) is 3.20. The van der Waals surface area contributed by atoms with Gasteiger partial charge < -0.3 is 15.2 Å². The Bertz CT molecular complexity index is 543. The number of nitrogens with one attached hydrogen (secondary N) is 1. The second-order valence-electron chi connectivity index (χ2n) is 3.94. The highest BCUT2D eigenvalue weighted by Crippen LogP contribution is 2.26. The van der Waals surface area contributed by atoms with Crippen molar-refractivity contribution in [1.29, 1.82) is 0 Å². The fraction of sp³-hybridized carbons (Fsp3) is 0.167. The minimum Gasteiger partial charge on any atom is -0.478 e. The van der Waals surface area contributed by atoms with Gasteiger partial charge >= 0.3 is 5.97 Å². The van der Waals surface area contributed by atoms with Crippen molar-refractivity contribution in [1.82, 2.24) is 0 Å². The van der Waals surface area contributed by atoms with Gasteiger partial charge in [-0.3, -0.25) is 4.79 Å². The number of carbonyl (C=O) groups is 2. The zero-order valence-electron chi connectivity index (χ0n) is 9.52. The number of amides is 1. The zero-order valence-corrected chi connectivity index (χ0v) is 9.52. The SMILES string of the molecule is O=C(O)C1(C(=O)Nc2cc(F)cc(F)c2)CC=CO1. The molecule has 0 saturated carbocycles. The molecule has 5 nitrogen and oxygen atoms in total. The van der Waals surface area contributed by atoms with Crippen LogP contribution in [0, 0.1) is 11.6 Å². The molecule has 0 spiro atoms. The van der Waals surface area contributed by atoms with E-state index in [-0.39, 0.29) is 12.1 Å². The third kappa shape index (κ3) is 2.40. The Balaban J connectivity index is 2.22. The Labute approximate surface area is 106 Å². The molecule has 0 aromatic heterocycles. The van der Waals surface area contributed by atoms with Crippen LogP contribution in [0.1, 0.15) is 6.42 Å². The van der Waals surface area contributed by atoms with Crippen molar-refractivity contribution in [2.75, 3.05) is 5.32 Å². The minimum absolute atomic E-state index is 0.161. The highest BCUT2D eigenvalue weighted by Gasteiger charge is 2.49. The normalized spacial score (nSPS) is 20.9. The van der Waals surface area contributed by atoms with E-state index in [1.165, 1.54) is 6.08 Å². The Morgan fingerprint density at radius 2 is 1.89 bits per heavy atom. The molecule has 2 rings (SSSR count). The predicted molar refractivity (Wildman–Crippen MR) is 60.2 cm³/mol. The smallest absolute Gasteiger partial charge is 0.358 e. The van der Waals surface area contributed by atoms with E-state index in [0.29, 0.717) is 6.07 Å². The number of carboxylic acids is 1. The molecule has 1 heterocycles. The van der Waals surface area contributed by atoms with Crippen LogP contribution in [0.5, 0.6) is 0 Å². The number of aliphatic carboxylic acids is 1. The van der Waals surface area contributed by atoms with Crippen molar-refractivity contribution in [3.8, 4) is 0 Å². The van der Waals surface area contributed by atoms with Crippen LogP contribution >= 0.6 is 0 Å². The molecule has 100 valence electrons. The standard InChI is InChI=1S/C12H9F2NO4/c13-7-4-8(14)6-9(5-7)15-10(16)12(11(17)18)2-1-3-19-12/h1,3-6H,2H2,(H,15,16)(H,17,18). The maximum absolute atomic E-state index is 13.0. The molecule has 1 aromatic carbocycles. The zero-order chi connectivity index (χ0) is 14.0. The first-order valence-corrected chi connectivity index (χ1v) is 5.28. The lowest BCUT2D eigenvalue weighted by atomic mass is 10.00. The van der Waals surface area contributed by atoms with Crippen molar-refractivity contribution in [2.24, 2.45) is 0 Å². The number of ether oxygens (including phenoxy) is 1. The van der Waals surface area contributed by atoms with Crippen molar-refractivity contribution in [3.63, 3.8) is 0 Å². The molecular formula is C12H9F2NO4. The monoisotopic (exact) mass is 269 g/mol. The highest BCUT2D eigenvalue weighted by atomic mass is 19.1. The van der Waals surface area contributed by atoms with Gasteiger partial charge in [-0.2, -0.15) is 0 Å². The van der Waals surface area contributed by atoms with Crippen molar-refractivity contribution in [2.45, 2.75) is 12.0 Å². The topological polar surface area (TPSA) is 75.6 Å². The lowest BCUT2D eigenvalue weighted by molar-refractivity contribution is -0.162. The van der Waals surface area contributed by atoms with Crippen LogP contribution in [0.15, 0.2) is 30.5 Å². The maximum Gasteiger partial charge on any atom is 0.358 e. The lowest BCUT2D eigenvalue weighted by Crippen LogP contribution is -2.49. The largest absolute Gasteiger partial charge is 0.478 e. The number of hydrogen-bond donors (Lipinski definition) is 2. The molecule has 1 aromatic rings. The molecule has 1 atom stereocenters. The number of hydrogen-bond acceptors (Lipinski definition) is 3. The van der Waals surface area contributed by atoms with Crippen molar-refractivity contribution >= 4 is 17.6 Å². The van der Waals surface area contributed by atoms with Gasteiger partial charge in [0.2, 0.25) is 0 Å². The molecule has 7 heteroatoms. The average molecular weight is 269 g/mol. The summed E-state index contributed by atoms with van der Waals surface area (Å²) in [6.07, 6.45) is 2.31. The first kappa shape index (κ1) is 13.0. The van der Waals surface area contributed by atoms with Gasteiger partial charge in [0, 0.05) is 18.2 Å². The van der Waals surface area contributed by atoms with Crippen LogP contribution in [0.25, 0.3) is 0 Å². The second-order valence-corrected chi connectivity index (χ2v) is 3.94. The summed E-state index contributed by atoms with van der Waals surface area (Å²) in [6.45, 7) is 0. The van der Waals surface area contributed by atoms with Gasteiger partial charge in [0.25, 0.3) is 11.5 Å². The summed E-state index contributed by atoms with van der Waals surface area (Å²) in [5.74, 6) is -4.25. The summed E-state index contributed by atoms with van der Waals surface area (Å²) in [4.78, 5) is 23.0. The van der Waals surface area contributed by atoms with E-state index < -0.39 is 29.1 Å². The molecule has 2 N–H and O–H groups in total. The Morgan fingerprint density at radius 1 is 1.26 bits per heavy atom. The number of anilines is 1. The van der Waals surface area contributed by atoms with Crippen molar-refractivity contribution in [3.05, 3.63) is 42.2 Å². The third-order valence-electron chi connectivity index (χ3n) is 2.60. The van der Waals surface area contributed by atoms with Gasteiger partial charge in [-0.1, -0.05) is 0 Å². The summed E-state index contributed by atoms with van der Waals surface area (Å²) < 4.78 is 30.7. The van der Waals surface area contributed by atoms with Gasteiger partial charge in [0.05, 0.1) is 6.26 Å². The number of rotatable bonds is 3. The van der Waals surface area contributed by atoms with E-state index in [4.69, 9.17) is 9.84 Å². The van der Waals surface area contributed by atoms with E-state index >= 15 is 0 Å². The van der Waals surface area contributed by atoms with Gasteiger partial charge in [0.1, 0.15) is 11.6 Å². The fourth-order valence-corrected chi connectivity index (χ4v) is 1.67. The number of halogens is 2. The number of benzene rings is 1. The first-order valence-electron chi connectivity index (χ1n) is 5.28. The molecule has 0 radical (unpaired) electrons. The molecule has 19 heavy (non-hydrogen) atoms. The lowest BCUT2D eigenvalue weighted by Gasteiger charge is -2.22. The third-order valence-corrected chi connectivity index (χ3v) is 2.60. The molecule has 0 saturated heterocycles. The summed E-state index contributed by atoms with van der Waals surface area (Å²) in [5, 5.41) is 11.2. The van der Waals surface area contributed by atoms with E-state index in [1.54, 1.807) is 0 Å². The fourth-order valence-electron chi connectivity index (χ4n) is 1.67. The summed E-state index contributed by atoms with van der Waals surface area (Å²) >= 11 is 0. The number of carboxylic acid groups (broad SMARTS) is 1. The van der Waals surface area contributed by atoms with E-state index in [2.05, 4.69) is 5.32 Å². The van der Waals surface area contributed by atoms with Crippen LogP contribution in [-0.2, 0) is 14.3 Å². The van der Waals surface area contributed by atoms with E-state index in [1.807, 2.05) is 0 Å². The molecular weight excluding hydrogens is 260 g/mol. The van der Waals surface area contributed by atoms with Gasteiger partial charge in [0.15, 0.2) is 0 Å². The van der Waals surface area contributed by atoms with Crippen LogP contribution < -0.4 is 5.32 Å². The summed E-state index contributed by atoms with van der Waals surface area (Å²) in [7, 11) is 0. The summed E-state index contributed by atoms with van der Waals surface area (Å²) in [5.41, 5.74) is -2.28. The minimum atomic E-state index is -2.09. The van der Waals surface area contributed by atoms with Gasteiger partial charge in [-0.25, -0.2) is 13.6 Å². The van der Waals surface area contributed by atoms with Gasteiger partial charge in [-0.15, -0.1) is 0 Å². The van der Waals surface area contributed by atoms with Crippen LogP contribution in [0.3, 0.4) is 0 Å². The molecule has 1 aliphatic heterocycles. The molecule has 0 bridgehead atoms. The Hall–Kier alpha value is -2.44. The highest BCUT2D eigenvalue weighted by molar-refractivity contribution is 6.12. The van der Waals surface area contributed by atoms with E-state index in [0.717, 1.165) is 18.4 Å². The van der Waals surface area contributed by atoms with E-state index in [9.17, 15) is 18.4 Å². The average Bonchev–Trinajstić information content (AvgIpc) is 2.77. The predicted octanol–water partition coefficient (Wildman–Crippen LogP) is 1.66. The first-order chi connectivity index (χ1) is 8.94.